The molecule has 0 aromatic heterocycles. The number of allylic oxidation sites excluding steroid dienone is 1. The summed E-state index contributed by atoms with van der Waals surface area (Å²) in [6.07, 6.45) is 5.39. The number of rotatable bonds is 4. The molecule has 2 nitrogen and oxygen atoms in total. The third kappa shape index (κ3) is 5.53. The van der Waals surface area contributed by atoms with Crippen LogP contribution in [0.2, 0.25) is 0 Å². The number of nitrogens with two attached hydrogens (primary N) is 1. The van der Waals surface area contributed by atoms with Gasteiger partial charge in [0.2, 0.25) is 0 Å². The Balaban J connectivity index is 3.20. The maximum absolute atomic E-state index is 8.87. The van der Waals surface area contributed by atoms with Crippen LogP contribution in [-0.2, 0) is 0 Å². The van der Waals surface area contributed by atoms with E-state index in [1.165, 1.54) is 0 Å². The van der Waals surface area contributed by atoms with Crippen LogP contribution in [0.4, 0.5) is 0 Å². The Morgan fingerprint density at radius 2 is 2.33 bits per heavy atom. The second-order valence-electron chi connectivity index (χ2n) is 2.02. The quantitative estimate of drug-likeness (QED) is 0.548. The zero-order valence-electron chi connectivity index (χ0n) is 5.88. The monoisotopic (exact) mass is 129 g/mol. The van der Waals surface area contributed by atoms with Crippen molar-refractivity contribution in [3.63, 3.8) is 0 Å². The van der Waals surface area contributed by atoms with Crippen LogP contribution in [0.25, 0.3) is 0 Å². The molecule has 0 saturated heterocycles. The fourth-order valence-electron chi connectivity index (χ4n) is 0.499. The minimum absolute atomic E-state index is 0.320. The maximum Gasteiger partial charge on any atom is 0.0843 e. The molecule has 0 rings (SSSR count). The Morgan fingerprint density at radius 3 is 2.78 bits per heavy atom. The van der Waals surface area contributed by atoms with Crippen molar-refractivity contribution < 1.29 is 5.11 Å². The minimum atomic E-state index is -0.448. The SMILES string of the molecule is CCC/C=C/[C@H](O)CN. The maximum atomic E-state index is 8.87. The second kappa shape index (κ2) is 5.79. The topological polar surface area (TPSA) is 46.2 Å². The van der Waals surface area contributed by atoms with Crippen LogP contribution in [-0.4, -0.2) is 17.8 Å². The van der Waals surface area contributed by atoms with E-state index in [9.17, 15) is 0 Å². The van der Waals surface area contributed by atoms with E-state index in [2.05, 4.69) is 6.92 Å². The van der Waals surface area contributed by atoms with Crippen molar-refractivity contribution in [1.82, 2.24) is 0 Å². The van der Waals surface area contributed by atoms with Crippen LogP contribution in [0.1, 0.15) is 19.8 Å². The average molecular weight is 129 g/mol. The van der Waals surface area contributed by atoms with Gasteiger partial charge in [-0.15, -0.1) is 0 Å². The summed E-state index contributed by atoms with van der Waals surface area (Å²) in [6.45, 7) is 2.42. The molecule has 0 unspecified atom stereocenters. The summed E-state index contributed by atoms with van der Waals surface area (Å²) in [5.41, 5.74) is 5.15. The summed E-state index contributed by atoms with van der Waals surface area (Å²) in [7, 11) is 0. The highest BCUT2D eigenvalue weighted by molar-refractivity contribution is 4.88. The number of hydrogen-bond acceptors (Lipinski definition) is 2. The van der Waals surface area contributed by atoms with E-state index in [0.717, 1.165) is 12.8 Å². The van der Waals surface area contributed by atoms with Crippen LogP contribution in [0.15, 0.2) is 12.2 Å². The average Bonchev–Trinajstić information content (AvgIpc) is 1.89. The van der Waals surface area contributed by atoms with Gasteiger partial charge in [0.15, 0.2) is 0 Å². The lowest BCUT2D eigenvalue weighted by Crippen LogP contribution is -2.16. The molecular formula is C7H15NO. The van der Waals surface area contributed by atoms with Gasteiger partial charge in [0.05, 0.1) is 6.10 Å². The van der Waals surface area contributed by atoms with Crippen LogP contribution in [0.5, 0.6) is 0 Å². The second-order valence-corrected chi connectivity index (χ2v) is 2.02. The van der Waals surface area contributed by atoms with Gasteiger partial charge in [0.25, 0.3) is 0 Å². The van der Waals surface area contributed by atoms with Crippen molar-refractivity contribution >= 4 is 0 Å². The van der Waals surface area contributed by atoms with E-state index in [-0.39, 0.29) is 0 Å². The Labute approximate surface area is 56.4 Å². The molecule has 0 aliphatic heterocycles. The van der Waals surface area contributed by atoms with Crippen molar-refractivity contribution in [2.45, 2.75) is 25.9 Å². The standard InChI is InChI=1S/C7H15NO/c1-2-3-4-5-7(9)6-8/h4-5,7,9H,2-3,6,8H2,1H3/b5-4+/t7-/m0/s1. The first kappa shape index (κ1) is 8.66. The van der Waals surface area contributed by atoms with Crippen molar-refractivity contribution in [2.75, 3.05) is 6.54 Å². The molecule has 0 bridgehead atoms. The summed E-state index contributed by atoms with van der Waals surface area (Å²) in [4.78, 5) is 0. The molecule has 0 amide bonds. The molecule has 1 atom stereocenters. The smallest absolute Gasteiger partial charge is 0.0843 e. The highest BCUT2D eigenvalue weighted by Gasteiger charge is 1.89. The molecule has 9 heavy (non-hydrogen) atoms. The van der Waals surface area contributed by atoms with E-state index in [4.69, 9.17) is 10.8 Å². The van der Waals surface area contributed by atoms with Gasteiger partial charge < -0.3 is 10.8 Å². The van der Waals surface area contributed by atoms with Crippen LogP contribution < -0.4 is 5.73 Å². The molecule has 3 N–H and O–H groups in total. The Morgan fingerprint density at radius 1 is 1.67 bits per heavy atom. The molecular weight excluding hydrogens is 114 g/mol. The van der Waals surface area contributed by atoms with Gasteiger partial charge in [0.1, 0.15) is 0 Å². The molecule has 0 aromatic rings. The number of hydrogen-bond donors (Lipinski definition) is 2. The van der Waals surface area contributed by atoms with Crippen molar-refractivity contribution in [2.24, 2.45) is 5.73 Å². The van der Waals surface area contributed by atoms with Crippen molar-refractivity contribution in [1.29, 1.82) is 0 Å². The zero-order valence-corrected chi connectivity index (χ0v) is 5.88. The highest BCUT2D eigenvalue weighted by atomic mass is 16.3. The first-order valence-corrected chi connectivity index (χ1v) is 3.36. The molecule has 0 fully saturated rings. The van der Waals surface area contributed by atoms with E-state index in [1.54, 1.807) is 6.08 Å². The zero-order chi connectivity index (χ0) is 7.11. The van der Waals surface area contributed by atoms with E-state index >= 15 is 0 Å². The molecule has 0 saturated carbocycles. The lowest BCUT2D eigenvalue weighted by Gasteiger charge is -1.97. The first-order valence-electron chi connectivity index (χ1n) is 3.36. The number of aliphatic hydroxyl groups is 1. The third-order valence-corrected chi connectivity index (χ3v) is 1.06. The fourth-order valence-corrected chi connectivity index (χ4v) is 0.499. The lowest BCUT2D eigenvalue weighted by molar-refractivity contribution is 0.231. The Hall–Kier alpha value is -0.340. The molecule has 0 spiro atoms. The number of aliphatic hydroxyl groups excluding tert-OH is 1. The Bertz CT molecular complexity index is 81.0. The summed E-state index contributed by atoms with van der Waals surface area (Å²) < 4.78 is 0. The van der Waals surface area contributed by atoms with Crippen molar-refractivity contribution in [3.8, 4) is 0 Å². The van der Waals surface area contributed by atoms with E-state index in [0.29, 0.717) is 6.54 Å². The molecule has 0 aliphatic rings. The predicted octanol–water partition coefficient (Wildman–Crippen LogP) is 0.662. The van der Waals surface area contributed by atoms with Gasteiger partial charge in [-0.05, 0) is 6.42 Å². The summed E-state index contributed by atoms with van der Waals surface area (Å²) in [6, 6.07) is 0. The van der Waals surface area contributed by atoms with Crippen LogP contribution >= 0.6 is 0 Å². The summed E-state index contributed by atoms with van der Waals surface area (Å²) in [5, 5.41) is 8.87. The van der Waals surface area contributed by atoms with E-state index in [1.807, 2.05) is 6.08 Å². The Kier molecular flexibility index (Phi) is 5.57. The molecule has 0 radical (unpaired) electrons. The van der Waals surface area contributed by atoms with Gasteiger partial charge in [-0.3, -0.25) is 0 Å². The first-order chi connectivity index (χ1) is 4.31. The summed E-state index contributed by atoms with van der Waals surface area (Å²) in [5.74, 6) is 0. The molecule has 0 aromatic carbocycles. The summed E-state index contributed by atoms with van der Waals surface area (Å²) >= 11 is 0. The fraction of sp³-hybridized carbons (Fsp3) is 0.714. The van der Waals surface area contributed by atoms with Crippen molar-refractivity contribution in [3.05, 3.63) is 12.2 Å². The predicted molar refractivity (Wildman–Crippen MR) is 39.1 cm³/mol. The van der Waals surface area contributed by atoms with Gasteiger partial charge in [-0.25, -0.2) is 0 Å². The van der Waals surface area contributed by atoms with Gasteiger partial charge in [-0.2, -0.15) is 0 Å². The van der Waals surface area contributed by atoms with Gasteiger partial charge in [0, 0.05) is 6.54 Å². The lowest BCUT2D eigenvalue weighted by atomic mass is 10.2. The normalized spacial score (nSPS) is 14.6. The number of unbranched alkanes of at least 4 members (excludes halogenated alkanes) is 1. The molecule has 54 valence electrons. The highest BCUT2D eigenvalue weighted by Crippen LogP contribution is 1.90. The van der Waals surface area contributed by atoms with Crippen LogP contribution in [0, 0.1) is 0 Å². The third-order valence-electron chi connectivity index (χ3n) is 1.06. The van der Waals surface area contributed by atoms with Gasteiger partial charge in [-0.1, -0.05) is 25.5 Å². The van der Waals surface area contributed by atoms with E-state index < -0.39 is 6.10 Å². The molecule has 0 heterocycles. The molecule has 0 aliphatic carbocycles. The largest absolute Gasteiger partial charge is 0.388 e. The minimum Gasteiger partial charge on any atom is -0.388 e. The molecule has 2 heteroatoms. The van der Waals surface area contributed by atoms with Gasteiger partial charge >= 0.3 is 0 Å². The van der Waals surface area contributed by atoms with Crippen LogP contribution in [0.3, 0.4) is 0 Å².